The van der Waals surface area contributed by atoms with E-state index < -0.39 is 37.3 Å². The van der Waals surface area contributed by atoms with Gasteiger partial charge in [-0.2, -0.15) is 9.99 Å². The Morgan fingerprint density at radius 3 is 2.74 bits per heavy atom. The van der Waals surface area contributed by atoms with E-state index in [1.54, 1.807) is 0 Å². The molecular weight excluding hydrogens is 456 g/mol. The van der Waals surface area contributed by atoms with Gasteiger partial charge in [0.1, 0.15) is 24.1 Å². The van der Waals surface area contributed by atoms with Gasteiger partial charge >= 0.3 is 0 Å². The van der Waals surface area contributed by atoms with Crippen molar-refractivity contribution in [2.24, 2.45) is 0 Å². The average Bonchev–Trinajstić information content (AvgIpc) is 3.51. The van der Waals surface area contributed by atoms with Crippen LogP contribution in [-0.2, 0) is 35.3 Å². The predicted octanol–water partition coefficient (Wildman–Crippen LogP) is 0.956. The fraction of sp³-hybridized carbons (Fsp3) is 0.480. The molecule has 0 saturated carbocycles. The molecule has 3 heterocycles. The number of ether oxygens (including phenoxy) is 2. The number of aliphatic hydroxyl groups is 4. The van der Waals surface area contributed by atoms with E-state index >= 15 is 0 Å². The van der Waals surface area contributed by atoms with Crippen LogP contribution in [0.3, 0.4) is 0 Å². The number of benzene rings is 2. The number of aromatic nitrogens is 2. The third-order valence-electron chi connectivity index (χ3n) is 6.67. The van der Waals surface area contributed by atoms with Crippen molar-refractivity contribution in [2.75, 3.05) is 13.2 Å². The number of nitrogens with zero attached hydrogens (tertiary/aromatic N) is 1. The van der Waals surface area contributed by atoms with Crippen LogP contribution in [0, 0.1) is 0 Å². The lowest BCUT2D eigenvalue weighted by atomic mass is 9.99. The van der Waals surface area contributed by atoms with Gasteiger partial charge in [-0.3, -0.25) is 5.10 Å². The molecular formula is C25H30N2O8. The summed E-state index contributed by atoms with van der Waals surface area (Å²) >= 11 is 0. The number of hydrogen-bond acceptors (Lipinski definition) is 9. The van der Waals surface area contributed by atoms with Crippen LogP contribution in [0.1, 0.15) is 29.3 Å². The third kappa shape index (κ3) is 4.73. The van der Waals surface area contributed by atoms with Crippen LogP contribution in [0.2, 0.25) is 0 Å². The molecule has 1 saturated heterocycles. The molecule has 3 aromatic rings. The van der Waals surface area contributed by atoms with Gasteiger partial charge in [0.2, 0.25) is 0 Å². The number of aliphatic hydroxyl groups excluding tert-OH is 4. The van der Waals surface area contributed by atoms with Crippen molar-refractivity contribution < 1.29 is 39.7 Å². The van der Waals surface area contributed by atoms with Gasteiger partial charge in [0.05, 0.1) is 29.8 Å². The van der Waals surface area contributed by atoms with Crippen molar-refractivity contribution in [3.8, 4) is 11.5 Å². The number of nitrogens with one attached hydrogen (secondary N) is 1. The average molecular weight is 487 g/mol. The molecule has 35 heavy (non-hydrogen) atoms. The van der Waals surface area contributed by atoms with E-state index in [-0.39, 0.29) is 0 Å². The molecule has 0 spiro atoms. The SMILES string of the molecule is CCc1cc(OO[C@@H]2[C@@H](O)[C@H](O)[C@@H](CO)O[C@H]2O)c2c(CCc3ccc4c(c3)CCO4)n[nH]c2c1. The first-order valence-electron chi connectivity index (χ1n) is 11.9. The summed E-state index contributed by atoms with van der Waals surface area (Å²) in [6.07, 6.45) is -3.98. The zero-order valence-corrected chi connectivity index (χ0v) is 19.4. The highest BCUT2D eigenvalue weighted by atomic mass is 17.2. The molecule has 10 nitrogen and oxygen atoms in total. The Morgan fingerprint density at radius 2 is 1.94 bits per heavy atom. The highest BCUT2D eigenvalue weighted by molar-refractivity contribution is 5.88. The molecule has 0 bridgehead atoms. The minimum absolute atomic E-state index is 0.378. The first kappa shape index (κ1) is 24.0. The van der Waals surface area contributed by atoms with Crippen LogP contribution in [0.15, 0.2) is 30.3 Å². The molecule has 0 aliphatic carbocycles. The van der Waals surface area contributed by atoms with E-state index in [4.69, 9.17) is 19.2 Å². The van der Waals surface area contributed by atoms with Gasteiger partial charge in [0.15, 0.2) is 18.1 Å². The Morgan fingerprint density at radius 1 is 1.09 bits per heavy atom. The smallest absolute Gasteiger partial charge is 0.188 e. The molecule has 0 unspecified atom stereocenters. The molecule has 2 aliphatic rings. The minimum Gasteiger partial charge on any atom is -0.493 e. The van der Waals surface area contributed by atoms with E-state index in [1.807, 2.05) is 25.1 Å². The Balaban J connectivity index is 1.36. The number of H-pyrrole nitrogens is 1. The van der Waals surface area contributed by atoms with Gasteiger partial charge in [-0.1, -0.05) is 19.1 Å². The summed E-state index contributed by atoms with van der Waals surface area (Å²) in [7, 11) is 0. The van der Waals surface area contributed by atoms with Crippen molar-refractivity contribution in [2.45, 2.75) is 63.3 Å². The topological polar surface area (TPSA) is 147 Å². The third-order valence-corrected chi connectivity index (χ3v) is 6.67. The van der Waals surface area contributed by atoms with Crippen molar-refractivity contribution in [3.63, 3.8) is 0 Å². The zero-order chi connectivity index (χ0) is 24.5. The first-order valence-corrected chi connectivity index (χ1v) is 11.9. The van der Waals surface area contributed by atoms with Crippen molar-refractivity contribution in [1.29, 1.82) is 0 Å². The summed E-state index contributed by atoms with van der Waals surface area (Å²) in [6.45, 7) is 2.17. The second-order valence-electron chi connectivity index (χ2n) is 8.95. The molecule has 0 radical (unpaired) electrons. The highest BCUT2D eigenvalue weighted by Gasteiger charge is 2.45. The maximum atomic E-state index is 10.4. The van der Waals surface area contributed by atoms with Crippen LogP contribution >= 0.6 is 0 Å². The van der Waals surface area contributed by atoms with E-state index in [0.29, 0.717) is 12.2 Å². The van der Waals surface area contributed by atoms with E-state index in [2.05, 4.69) is 22.3 Å². The normalized spacial score (nSPS) is 26.0. The Kier molecular flexibility index (Phi) is 6.92. The fourth-order valence-electron chi connectivity index (χ4n) is 4.63. The van der Waals surface area contributed by atoms with Gasteiger partial charge in [0.25, 0.3) is 0 Å². The molecule has 5 atom stereocenters. The summed E-state index contributed by atoms with van der Waals surface area (Å²) in [5.41, 5.74) is 4.96. The van der Waals surface area contributed by atoms with Crippen LogP contribution < -0.4 is 9.62 Å². The molecule has 5 N–H and O–H groups in total. The van der Waals surface area contributed by atoms with Crippen LogP contribution in [0.25, 0.3) is 10.9 Å². The van der Waals surface area contributed by atoms with Crippen LogP contribution in [-0.4, -0.2) is 74.5 Å². The van der Waals surface area contributed by atoms with Gasteiger partial charge in [0, 0.05) is 6.42 Å². The van der Waals surface area contributed by atoms with Gasteiger partial charge in [-0.15, -0.1) is 0 Å². The van der Waals surface area contributed by atoms with E-state index in [1.165, 1.54) is 11.1 Å². The van der Waals surface area contributed by atoms with Crippen molar-refractivity contribution in [3.05, 3.63) is 52.7 Å². The Hall–Kier alpha value is -2.73. The number of aryl methyl sites for hydroxylation is 3. The van der Waals surface area contributed by atoms with Crippen molar-refractivity contribution in [1.82, 2.24) is 10.2 Å². The number of rotatable bonds is 8. The van der Waals surface area contributed by atoms with Gasteiger partial charge < -0.3 is 34.8 Å². The lowest BCUT2D eigenvalue weighted by Gasteiger charge is -2.38. The maximum Gasteiger partial charge on any atom is 0.188 e. The summed E-state index contributed by atoms with van der Waals surface area (Å²) in [6, 6.07) is 10.1. The molecule has 2 aliphatic heterocycles. The predicted molar refractivity (Wildman–Crippen MR) is 124 cm³/mol. The first-order chi connectivity index (χ1) is 17.0. The number of aromatic amines is 1. The standard InChI is InChI=1S/C25H30N2O8/c1-2-13-10-17-21(16(26-27-17)5-3-14-4-6-18-15(9-14)7-8-32-18)19(11-13)34-35-24-23(30)22(29)20(12-28)33-25(24)31/h4,6,9-11,20,22-25,28-31H,2-3,5,7-8,12H2,1H3,(H,26,27)/t20-,22-,23+,24-,25-/m1/s1. The van der Waals surface area contributed by atoms with Crippen molar-refractivity contribution >= 4 is 10.9 Å². The second kappa shape index (κ2) is 10.1. The number of hydrogen-bond donors (Lipinski definition) is 5. The minimum atomic E-state index is -1.59. The van der Waals surface area contributed by atoms with Crippen LogP contribution in [0.4, 0.5) is 0 Å². The quantitative estimate of drug-likeness (QED) is 0.232. The zero-order valence-electron chi connectivity index (χ0n) is 19.4. The Bertz CT molecular complexity index is 1180. The van der Waals surface area contributed by atoms with E-state index in [0.717, 1.165) is 53.8 Å². The molecule has 10 heteroatoms. The lowest BCUT2D eigenvalue weighted by Crippen LogP contribution is -2.59. The van der Waals surface area contributed by atoms with Gasteiger partial charge in [-0.25, -0.2) is 0 Å². The van der Waals surface area contributed by atoms with Crippen LogP contribution in [0.5, 0.6) is 11.5 Å². The Labute approximate surface area is 201 Å². The monoisotopic (exact) mass is 486 g/mol. The molecule has 0 amide bonds. The number of fused-ring (bicyclic) bond motifs is 2. The largest absolute Gasteiger partial charge is 0.493 e. The molecule has 5 rings (SSSR count). The van der Waals surface area contributed by atoms with Gasteiger partial charge in [-0.05, 0) is 54.2 Å². The molecule has 188 valence electrons. The fourth-order valence-corrected chi connectivity index (χ4v) is 4.63. The second-order valence-corrected chi connectivity index (χ2v) is 8.95. The maximum absolute atomic E-state index is 10.4. The molecule has 1 aromatic heterocycles. The summed E-state index contributed by atoms with van der Waals surface area (Å²) in [5, 5.41) is 48.2. The molecule has 1 fully saturated rings. The molecule has 2 aromatic carbocycles. The lowest BCUT2D eigenvalue weighted by molar-refractivity contribution is -0.364. The summed E-state index contributed by atoms with van der Waals surface area (Å²) in [5.74, 6) is 1.33. The van der Waals surface area contributed by atoms with E-state index in [9.17, 15) is 20.4 Å². The summed E-state index contributed by atoms with van der Waals surface area (Å²) in [4.78, 5) is 11.0. The highest BCUT2D eigenvalue weighted by Crippen LogP contribution is 2.33. The summed E-state index contributed by atoms with van der Waals surface area (Å²) < 4.78 is 10.7.